The molecule has 0 radical (unpaired) electrons. The number of hydrogen-bond acceptors (Lipinski definition) is 3. The summed E-state index contributed by atoms with van der Waals surface area (Å²) in [5, 5.41) is 1.05. The van der Waals surface area contributed by atoms with Crippen LogP contribution in [0.1, 0.15) is 11.3 Å². The van der Waals surface area contributed by atoms with Crippen LogP contribution in [0.3, 0.4) is 0 Å². The van der Waals surface area contributed by atoms with Crippen LogP contribution in [0.5, 0.6) is 0 Å². The lowest BCUT2D eigenvalue weighted by atomic mass is 10.2. The first-order valence-corrected chi connectivity index (χ1v) is 7.21. The molecule has 0 saturated heterocycles. The molecule has 1 aromatic heterocycles. The fourth-order valence-electron chi connectivity index (χ4n) is 1.89. The van der Waals surface area contributed by atoms with E-state index < -0.39 is 0 Å². The van der Waals surface area contributed by atoms with Gasteiger partial charge in [0.1, 0.15) is 5.82 Å². The summed E-state index contributed by atoms with van der Waals surface area (Å²) in [6, 6.07) is 5.12. The molecular weight excluding hydrogens is 291 g/mol. The van der Waals surface area contributed by atoms with Crippen LogP contribution in [-0.2, 0) is 11.5 Å². The van der Waals surface area contributed by atoms with E-state index in [1.165, 1.54) is 0 Å². The van der Waals surface area contributed by atoms with E-state index in [4.69, 9.17) is 23.2 Å². The molecule has 0 atom stereocenters. The van der Waals surface area contributed by atoms with Crippen molar-refractivity contribution in [3.8, 4) is 11.4 Å². The Morgan fingerprint density at radius 2 is 1.89 bits per heavy atom. The van der Waals surface area contributed by atoms with Crippen molar-refractivity contribution in [1.82, 2.24) is 9.97 Å². The van der Waals surface area contributed by atoms with E-state index in [0.717, 1.165) is 28.3 Å². The molecule has 2 aromatic rings. The van der Waals surface area contributed by atoms with Gasteiger partial charge >= 0.3 is 0 Å². The Bertz CT molecular complexity index is 664. The normalized spacial score (nSPS) is 13.7. The van der Waals surface area contributed by atoms with E-state index in [-0.39, 0.29) is 5.56 Å². The van der Waals surface area contributed by atoms with Crippen molar-refractivity contribution in [2.24, 2.45) is 0 Å². The standard InChI is InChI=1S/C12H8Cl2N2OS/c13-7-1-6(2-8(14)3-7)11-15-10-5-18-4-9(10)12(17)16-11/h1-3H,4-5H2,(H,15,16,17). The molecule has 0 spiro atoms. The zero-order valence-corrected chi connectivity index (χ0v) is 11.5. The Labute approximate surface area is 118 Å². The molecule has 0 bridgehead atoms. The van der Waals surface area contributed by atoms with Gasteiger partial charge in [0.2, 0.25) is 0 Å². The highest BCUT2D eigenvalue weighted by Gasteiger charge is 2.18. The number of benzene rings is 1. The smallest absolute Gasteiger partial charge is 0.255 e. The molecule has 0 unspecified atom stereocenters. The van der Waals surface area contributed by atoms with E-state index >= 15 is 0 Å². The lowest BCUT2D eigenvalue weighted by molar-refractivity contribution is 1.03. The molecule has 0 aliphatic carbocycles. The summed E-state index contributed by atoms with van der Waals surface area (Å²) in [4.78, 5) is 19.2. The van der Waals surface area contributed by atoms with Crippen molar-refractivity contribution >= 4 is 35.0 Å². The maximum atomic E-state index is 11.9. The van der Waals surface area contributed by atoms with Crippen LogP contribution in [-0.4, -0.2) is 9.97 Å². The summed E-state index contributed by atoms with van der Waals surface area (Å²) in [5.74, 6) is 2.03. The first-order valence-electron chi connectivity index (χ1n) is 5.30. The predicted molar refractivity (Wildman–Crippen MR) is 75.3 cm³/mol. The quantitative estimate of drug-likeness (QED) is 0.876. The minimum atomic E-state index is -0.0731. The molecule has 3 rings (SSSR count). The van der Waals surface area contributed by atoms with Gasteiger partial charge in [-0.1, -0.05) is 23.2 Å². The molecule has 92 valence electrons. The molecule has 6 heteroatoms. The highest BCUT2D eigenvalue weighted by atomic mass is 35.5. The minimum Gasteiger partial charge on any atom is -0.306 e. The molecule has 18 heavy (non-hydrogen) atoms. The van der Waals surface area contributed by atoms with Gasteiger partial charge in [-0.3, -0.25) is 4.79 Å². The Balaban J connectivity index is 2.18. The molecule has 0 saturated carbocycles. The number of thioether (sulfide) groups is 1. The van der Waals surface area contributed by atoms with Crippen LogP contribution in [0.4, 0.5) is 0 Å². The Kier molecular flexibility index (Phi) is 3.09. The van der Waals surface area contributed by atoms with Crippen LogP contribution in [0.15, 0.2) is 23.0 Å². The van der Waals surface area contributed by atoms with Gasteiger partial charge < -0.3 is 4.98 Å². The average molecular weight is 299 g/mol. The maximum Gasteiger partial charge on any atom is 0.255 e. The summed E-state index contributed by atoms with van der Waals surface area (Å²) in [5.41, 5.74) is 2.28. The second-order valence-corrected chi connectivity index (χ2v) is 5.85. The van der Waals surface area contributed by atoms with Crippen molar-refractivity contribution in [2.45, 2.75) is 11.5 Å². The molecule has 1 aliphatic heterocycles. The highest BCUT2D eigenvalue weighted by Crippen LogP contribution is 2.29. The number of halogens is 2. The monoisotopic (exact) mass is 298 g/mol. The number of fused-ring (bicyclic) bond motifs is 1. The van der Waals surface area contributed by atoms with Crippen LogP contribution >= 0.6 is 35.0 Å². The van der Waals surface area contributed by atoms with E-state index in [1.54, 1.807) is 30.0 Å². The van der Waals surface area contributed by atoms with Crippen LogP contribution in [0, 0.1) is 0 Å². The number of nitrogens with zero attached hydrogens (tertiary/aromatic N) is 1. The van der Waals surface area contributed by atoms with Gasteiger partial charge in [-0.2, -0.15) is 11.8 Å². The van der Waals surface area contributed by atoms with E-state index in [9.17, 15) is 4.79 Å². The zero-order valence-electron chi connectivity index (χ0n) is 9.17. The zero-order chi connectivity index (χ0) is 12.7. The van der Waals surface area contributed by atoms with Gasteiger partial charge in [0.15, 0.2) is 0 Å². The summed E-state index contributed by atoms with van der Waals surface area (Å²) in [6.45, 7) is 0. The summed E-state index contributed by atoms with van der Waals surface area (Å²) in [7, 11) is 0. The van der Waals surface area contributed by atoms with E-state index in [1.807, 2.05) is 0 Å². The third kappa shape index (κ3) is 2.16. The fourth-order valence-corrected chi connectivity index (χ4v) is 3.45. The highest BCUT2D eigenvalue weighted by molar-refractivity contribution is 7.98. The van der Waals surface area contributed by atoms with Crippen molar-refractivity contribution in [3.63, 3.8) is 0 Å². The Morgan fingerprint density at radius 1 is 1.17 bits per heavy atom. The van der Waals surface area contributed by atoms with Gasteiger partial charge in [-0.25, -0.2) is 4.98 Å². The molecule has 1 aromatic carbocycles. The minimum absolute atomic E-state index is 0.0731. The number of aromatic amines is 1. The van der Waals surface area contributed by atoms with Gasteiger partial charge in [0.05, 0.1) is 5.69 Å². The van der Waals surface area contributed by atoms with E-state index in [2.05, 4.69) is 9.97 Å². The number of H-pyrrole nitrogens is 1. The van der Waals surface area contributed by atoms with Gasteiger partial charge in [0, 0.05) is 32.7 Å². The first kappa shape index (κ1) is 12.1. The SMILES string of the molecule is O=c1[nH]c(-c2cc(Cl)cc(Cl)c2)nc2c1CSC2. The third-order valence-corrected chi connectivity index (χ3v) is 4.13. The molecule has 0 fully saturated rings. The lowest BCUT2D eigenvalue weighted by Gasteiger charge is -2.05. The van der Waals surface area contributed by atoms with Crippen molar-refractivity contribution < 1.29 is 0 Å². The Morgan fingerprint density at radius 3 is 2.61 bits per heavy atom. The molecule has 1 aliphatic rings. The topological polar surface area (TPSA) is 45.8 Å². The summed E-state index contributed by atoms with van der Waals surface area (Å²) in [6.07, 6.45) is 0. The third-order valence-electron chi connectivity index (χ3n) is 2.72. The fraction of sp³-hybridized carbons (Fsp3) is 0.167. The molecule has 0 amide bonds. The molecule has 3 nitrogen and oxygen atoms in total. The second kappa shape index (κ2) is 4.61. The van der Waals surface area contributed by atoms with Crippen LogP contribution in [0.2, 0.25) is 10.0 Å². The van der Waals surface area contributed by atoms with Crippen LogP contribution in [0.25, 0.3) is 11.4 Å². The lowest BCUT2D eigenvalue weighted by Crippen LogP contribution is -2.15. The molecule has 2 heterocycles. The van der Waals surface area contributed by atoms with E-state index in [0.29, 0.717) is 15.9 Å². The second-order valence-electron chi connectivity index (χ2n) is 3.99. The molecule has 1 N–H and O–H groups in total. The largest absolute Gasteiger partial charge is 0.306 e. The number of aromatic nitrogens is 2. The van der Waals surface area contributed by atoms with Crippen molar-refractivity contribution in [1.29, 1.82) is 0 Å². The summed E-state index contributed by atoms with van der Waals surface area (Å²) >= 11 is 13.6. The van der Waals surface area contributed by atoms with Crippen molar-refractivity contribution in [3.05, 3.63) is 49.9 Å². The van der Waals surface area contributed by atoms with Crippen molar-refractivity contribution in [2.75, 3.05) is 0 Å². The van der Waals surface area contributed by atoms with Gasteiger partial charge in [-0.15, -0.1) is 0 Å². The summed E-state index contributed by atoms with van der Waals surface area (Å²) < 4.78 is 0. The predicted octanol–water partition coefficient (Wildman–Crippen LogP) is 3.49. The average Bonchev–Trinajstić information content (AvgIpc) is 2.76. The molecular formula is C12H8Cl2N2OS. The maximum absolute atomic E-state index is 11.9. The van der Waals surface area contributed by atoms with Gasteiger partial charge in [-0.05, 0) is 18.2 Å². The first-order chi connectivity index (χ1) is 8.63. The van der Waals surface area contributed by atoms with Gasteiger partial charge in [0.25, 0.3) is 5.56 Å². The number of nitrogens with one attached hydrogen (secondary N) is 1. The van der Waals surface area contributed by atoms with Crippen LogP contribution < -0.4 is 5.56 Å². The number of rotatable bonds is 1. The Hall–Kier alpha value is -0.970. The number of hydrogen-bond donors (Lipinski definition) is 1.